The zero-order valence-electron chi connectivity index (χ0n) is 13.8. The Bertz CT molecular complexity index is 135. The molecule has 9 heteroatoms. The van der Waals surface area contributed by atoms with E-state index >= 15 is 0 Å². The van der Waals surface area contributed by atoms with Crippen molar-refractivity contribution in [1.29, 1.82) is 0 Å². The van der Waals surface area contributed by atoms with Gasteiger partial charge in [0.25, 0.3) is 8.25 Å². The van der Waals surface area contributed by atoms with E-state index in [4.69, 9.17) is 25.8 Å². The summed E-state index contributed by atoms with van der Waals surface area (Å²) in [6.45, 7) is 27.1. The Labute approximate surface area is 176 Å². The van der Waals surface area contributed by atoms with Gasteiger partial charge in [0.15, 0.2) is 0 Å². The predicted molar refractivity (Wildman–Crippen MR) is 83.6 cm³/mol. The molecule has 0 aliphatic rings. The van der Waals surface area contributed by atoms with Crippen LogP contribution in [0.3, 0.4) is 0 Å². The van der Waals surface area contributed by atoms with E-state index in [1.54, 1.807) is 0 Å². The molecule has 0 aliphatic heterocycles. The second kappa shape index (κ2) is 105. The molecule has 0 rings (SSSR count). The molecule has 6 nitrogen and oxygen atoms in total. The summed E-state index contributed by atoms with van der Waals surface area (Å²) in [4.78, 5) is 17.0. The summed E-state index contributed by atoms with van der Waals surface area (Å²) in [5, 5.41) is 3.03. The second-order valence-electron chi connectivity index (χ2n) is 1.55. The van der Waals surface area contributed by atoms with Gasteiger partial charge in [-0.1, -0.05) is 4.57 Å². The van der Waals surface area contributed by atoms with Crippen molar-refractivity contribution in [3.8, 4) is 0 Å². The van der Waals surface area contributed by atoms with Gasteiger partial charge in [-0.2, -0.15) is 0 Å². The van der Waals surface area contributed by atoms with Crippen molar-refractivity contribution >= 4 is 8.25 Å². The zero-order chi connectivity index (χ0) is 17.1. The van der Waals surface area contributed by atoms with E-state index in [1.807, 2.05) is 0 Å². The van der Waals surface area contributed by atoms with Gasteiger partial charge in [0.1, 0.15) is 0 Å². The van der Waals surface area contributed by atoms with E-state index in [-0.39, 0.29) is 59.1 Å². The van der Waals surface area contributed by atoms with Crippen molar-refractivity contribution in [1.82, 2.24) is 5.32 Å². The van der Waals surface area contributed by atoms with Crippen LogP contribution >= 0.6 is 8.25 Å². The van der Waals surface area contributed by atoms with E-state index in [0.29, 0.717) is 13.1 Å². The van der Waals surface area contributed by atoms with Gasteiger partial charge in [-0.15, -0.1) is 52.6 Å². The first-order chi connectivity index (χ1) is 9.15. The van der Waals surface area contributed by atoms with Crippen molar-refractivity contribution in [2.45, 2.75) is 0 Å². The molecule has 21 heavy (non-hydrogen) atoms. The van der Waals surface area contributed by atoms with Crippen LogP contribution in [-0.2, 0) is 4.57 Å². The number of rotatable bonds is 4. The third-order valence-electron chi connectivity index (χ3n) is 0.642. The number of hydrogen-bond acceptors (Lipinski definition) is 6. The quantitative estimate of drug-likeness (QED) is 0.202. The van der Waals surface area contributed by atoms with Gasteiger partial charge in [-0.25, -0.2) is 0 Å². The second-order valence-corrected chi connectivity index (χ2v) is 2.00. The Morgan fingerprint density at radius 3 is 1.00 bits per heavy atom. The Morgan fingerprint density at radius 2 is 0.905 bits per heavy atom. The molecule has 0 heterocycles. The van der Waals surface area contributed by atoms with Crippen LogP contribution in [0.15, 0.2) is 52.6 Å². The smallest absolute Gasteiger partial charge is 0.598 e. The topological polar surface area (TPSA) is 127 Å². The van der Waals surface area contributed by atoms with Crippen LogP contribution in [0.1, 0.15) is 0 Å². The van der Waals surface area contributed by atoms with Crippen LogP contribution in [0.25, 0.3) is 0 Å². The van der Waals surface area contributed by atoms with E-state index in [0.717, 1.165) is 13.1 Å². The van der Waals surface area contributed by atoms with Crippen LogP contribution in [-0.4, -0.2) is 26.2 Å². The molecule has 116 valence electrons. The molecule has 0 atom stereocenters. The Hall–Kier alpha value is 0.860. The van der Waals surface area contributed by atoms with Crippen molar-refractivity contribution in [2.24, 2.45) is 11.5 Å². The van der Waals surface area contributed by atoms with Crippen molar-refractivity contribution in [3.63, 3.8) is 0 Å². The summed E-state index contributed by atoms with van der Waals surface area (Å²) in [6, 6.07) is 0. The molecule has 0 bridgehead atoms. The number of nitrogens with one attached hydrogen (secondary N) is 1. The molecule has 0 fully saturated rings. The zero-order valence-corrected chi connectivity index (χ0v) is 18.7. The maximum absolute atomic E-state index is 8.48. The molecule has 0 radical (unpaired) electrons. The van der Waals surface area contributed by atoms with Gasteiger partial charge in [0.05, 0.1) is 0 Å². The van der Waals surface area contributed by atoms with Crippen molar-refractivity contribution in [3.05, 3.63) is 52.6 Å². The third-order valence-corrected chi connectivity index (χ3v) is 0.642. The molecule has 0 saturated heterocycles. The molecule has 0 aromatic rings. The molecule has 0 amide bonds. The first kappa shape index (κ1) is 49.5. The molecular formula is C12H29N3Na2O3P+. The predicted octanol–water partition coefficient (Wildman–Crippen LogP) is -5.93. The van der Waals surface area contributed by atoms with E-state index in [1.165, 1.54) is 0 Å². The van der Waals surface area contributed by atoms with Crippen molar-refractivity contribution < 1.29 is 73.5 Å². The van der Waals surface area contributed by atoms with Crippen molar-refractivity contribution in [2.75, 3.05) is 26.2 Å². The molecule has 0 unspecified atom stereocenters. The Kier molecular flexibility index (Phi) is 247. The molecule has 0 aliphatic carbocycles. The Morgan fingerprint density at radius 1 is 0.762 bits per heavy atom. The number of nitrogens with two attached hydrogens (primary N) is 2. The SMILES string of the molecule is C=C.C=C.C=C.C=C.NCCNCCN.O=[P+]([O-])[O-].[Na+].[Na+]. The Balaban J connectivity index is -0.0000000177. The van der Waals surface area contributed by atoms with Crippen LogP contribution < -0.4 is 85.7 Å². The summed E-state index contributed by atoms with van der Waals surface area (Å²) in [7, 11) is -3.37. The fourth-order valence-electron chi connectivity index (χ4n) is 0.329. The summed E-state index contributed by atoms with van der Waals surface area (Å²) >= 11 is 0. The normalized spacial score (nSPS) is 5.14. The summed E-state index contributed by atoms with van der Waals surface area (Å²) in [6.07, 6.45) is 0. The average Bonchev–Trinajstić information content (AvgIpc) is 2.47. The largest absolute Gasteiger partial charge is 1.00 e. The molecule has 0 spiro atoms. The van der Waals surface area contributed by atoms with E-state index in [9.17, 15) is 0 Å². The van der Waals surface area contributed by atoms with E-state index in [2.05, 4.69) is 57.9 Å². The summed E-state index contributed by atoms with van der Waals surface area (Å²) in [5.74, 6) is 0. The van der Waals surface area contributed by atoms with E-state index < -0.39 is 8.25 Å². The van der Waals surface area contributed by atoms with Gasteiger partial charge < -0.3 is 26.6 Å². The standard InChI is InChI=1S/C4H13N3.4C2H4.2Na.HO3P/c5-1-3-7-4-2-6;4*1-2;;;1-4(2)3/h7H,1-6H2;4*1-2H2;;;(H,1,2,3)/q;;;;;2*+1;/p-1. The van der Waals surface area contributed by atoms with Crippen LogP contribution in [0, 0.1) is 0 Å². The van der Waals surface area contributed by atoms with Crippen LogP contribution in [0.2, 0.25) is 0 Å². The van der Waals surface area contributed by atoms with Gasteiger partial charge >= 0.3 is 59.1 Å². The molecule has 0 aromatic carbocycles. The first-order valence-electron chi connectivity index (χ1n) is 5.07. The van der Waals surface area contributed by atoms with Crippen LogP contribution in [0.4, 0.5) is 0 Å². The molecule has 0 saturated carbocycles. The summed E-state index contributed by atoms with van der Waals surface area (Å²) in [5.41, 5.74) is 10.3. The minimum atomic E-state index is -3.37. The maximum atomic E-state index is 8.48. The van der Waals surface area contributed by atoms with Gasteiger partial charge in [-0.05, 0) is 0 Å². The fourth-order valence-corrected chi connectivity index (χ4v) is 0.329. The first-order valence-corrected chi connectivity index (χ1v) is 6.17. The van der Waals surface area contributed by atoms with Gasteiger partial charge in [0, 0.05) is 26.2 Å². The minimum Gasteiger partial charge on any atom is -0.598 e. The van der Waals surface area contributed by atoms with Crippen LogP contribution in [0.5, 0.6) is 0 Å². The minimum absolute atomic E-state index is 0. The van der Waals surface area contributed by atoms with Gasteiger partial charge in [-0.3, -0.25) is 0 Å². The summed E-state index contributed by atoms with van der Waals surface area (Å²) < 4.78 is 8.48. The van der Waals surface area contributed by atoms with Gasteiger partial charge in [0.2, 0.25) is 0 Å². The molecule has 0 aromatic heterocycles. The fraction of sp³-hybridized carbons (Fsp3) is 0.333. The molecule has 5 N–H and O–H groups in total. The average molecular weight is 340 g/mol. The molecular weight excluding hydrogens is 311 g/mol. The third kappa shape index (κ3) is 314. The number of hydrogen-bond donors (Lipinski definition) is 3. The maximum Gasteiger partial charge on any atom is 1.00 e. The monoisotopic (exact) mass is 340 g/mol.